The number of pyridine rings is 2. The van der Waals surface area contributed by atoms with E-state index in [9.17, 15) is 9.59 Å². The molecule has 246 valence electrons. The molecule has 46 heavy (non-hydrogen) atoms. The molecule has 4 heterocycles. The molecule has 3 aromatic rings. The lowest BCUT2D eigenvalue weighted by atomic mass is 9.81. The second-order valence-corrected chi connectivity index (χ2v) is 13.8. The normalized spacial score (nSPS) is 23.2. The topological polar surface area (TPSA) is 103 Å². The minimum absolute atomic E-state index is 0.124. The number of hydrogen-bond donors (Lipinski definition) is 2. The van der Waals surface area contributed by atoms with Crippen LogP contribution in [0.3, 0.4) is 0 Å². The number of nitrogens with zero attached hydrogens (tertiary/aromatic N) is 4. The van der Waals surface area contributed by atoms with Crippen molar-refractivity contribution in [3.63, 3.8) is 0 Å². The standard InChI is InChI=1S/C36H48N6O4/c1-22-18-23(2)39-35(44)30(22)21-38-34(43)28-20-29(25-12-13-37-31(19-25)42-16-14-41(7)15-17-42)33-32(24(28)3)45-36(4,46-33)26-8-10-27(11-9-26)40(5)6/h12-13,18-20,26-27H,8-11,14-17,21H2,1-7H3,(H,38,43)(H,39,44)/t26-,27-,36?. The van der Waals surface area contributed by atoms with Crippen molar-refractivity contribution in [2.45, 2.75) is 71.8 Å². The van der Waals surface area contributed by atoms with E-state index in [1.165, 1.54) is 0 Å². The predicted molar refractivity (Wildman–Crippen MR) is 181 cm³/mol. The fraction of sp³-hybridized carbons (Fsp3) is 0.528. The number of carbonyl (C=O) groups is 1. The van der Waals surface area contributed by atoms with Crippen molar-refractivity contribution >= 4 is 11.7 Å². The molecule has 1 saturated heterocycles. The number of hydrogen-bond acceptors (Lipinski definition) is 8. The highest BCUT2D eigenvalue weighted by Crippen LogP contribution is 2.53. The van der Waals surface area contributed by atoms with Crippen LogP contribution in [-0.2, 0) is 6.54 Å². The van der Waals surface area contributed by atoms with Gasteiger partial charge in [0.05, 0.1) is 0 Å². The van der Waals surface area contributed by atoms with Gasteiger partial charge in [0.1, 0.15) is 5.82 Å². The SMILES string of the molecule is Cc1cc(C)c(CNC(=O)c2cc(-c3ccnc(N4CCN(C)CC4)c3)c3c(c2C)OC(C)([C@H]2CC[C@H](N(C)C)CC2)O3)c(=O)[nH]1. The highest BCUT2D eigenvalue weighted by molar-refractivity contribution is 5.99. The number of carbonyl (C=O) groups excluding carboxylic acids is 1. The lowest BCUT2D eigenvalue weighted by Gasteiger charge is -2.39. The Bertz CT molecular complexity index is 1670. The number of H-pyrrole nitrogens is 1. The van der Waals surface area contributed by atoms with Gasteiger partial charge >= 0.3 is 0 Å². The van der Waals surface area contributed by atoms with Gasteiger partial charge in [0, 0.05) is 85.8 Å². The highest BCUT2D eigenvalue weighted by Gasteiger charge is 2.47. The van der Waals surface area contributed by atoms with Gasteiger partial charge in [0.2, 0.25) is 0 Å². The molecule has 10 nitrogen and oxygen atoms in total. The summed E-state index contributed by atoms with van der Waals surface area (Å²) in [6, 6.07) is 8.46. The minimum Gasteiger partial charge on any atom is -0.448 e. The second kappa shape index (κ2) is 12.7. The Morgan fingerprint density at radius 3 is 2.41 bits per heavy atom. The summed E-state index contributed by atoms with van der Waals surface area (Å²) >= 11 is 0. The van der Waals surface area contributed by atoms with Gasteiger partial charge in [0.25, 0.3) is 17.3 Å². The molecule has 1 saturated carbocycles. The van der Waals surface area contributed by atoms with E-state index in [2.05, 4.69) is 52.2 Å². The Labute approximate surface area is 272 Å². The first-order chi connectivity index (χ1) is 21.9. The molecule has 1 amide bonds. The van der Waals surface area contributed by atoms with Crippen molar-refractivity contribution in [1.82, 2.24) is 25.1 Å². The summed E-state index contributed by atoms with van der Waals surface area (Å²) in [4.78, 5) is 41.0. The highest BCUT2D eigenvalue weighted by atomic mass is 16.7. The number of likely N-dealkylation sites (N-methyl/N-ethyl adjacent to an activating group) is 1. The molecule has 1 atom stereocenters. The van der Waals surface area contributed by atoms with Gasteiger partial charge in [-0.3, -0.25) is 9.59 Å². The van der Waals surface area contributed by atoms with E-state index in [0.717, 1.165) is 85.6 Å². The van der Waals surface area contributed by atoms with Crippen LogP contribution in [0.1, 0.15) is 65.3 Å². The third-order valence-electron chi connectivity index (χ3n) is 10.3. The first-order valence-corrected chi connectivity index (χ1v) is 16.5. The second-order valence-electron chi connectivity index (χ2n) is 13.8. The van der Waals surface area contributed by atoms with E-state index in [0.29, 0.717) is 28.7 Å². The molecule has 0 spiro atoms. The zero-order chi connectivity index (χ0) is 32.7. The average molecular weight is 629 g/mol. The maximum Gasteiger partial charge on any atom is 0.253 e. The van der Waals surface area contributed by atoms with Gasteiger partial charge in [-0.1, -0.05) is 0 Å². The van der Waals surface area contributed by atoms with Gasteiger partial charge in [0.15, 0.2) is 11.5 Å². The molecule has 2 aromatic heterocycles. The molecule has 1 unspecified atom stereocenters. The molecule has 2 N–H and O–H groups in total. The molecule has 10 heteroatoms. The number of ether oxygens (including phenoxy) is 2. The summed E-state index contributed by atoms with van der Waals surface area (Å²) in [6.07, 6.45) is 6.02. The first-order valence-electron chi connectivity index (χ1n) is 16.5. The molecule has 2 fully saturated rings. The average Bonchev–Trinajstić information content (AvgIpc) is 3.40. The maximum absolute atomic E-state index is 13.9. The van der Waals surface area contributed by atoms with Gasteiger partial charge in [-0.25, -0.2) is 4.98 Å². The molecule has 2 aliphatic heterocycles. The number of aromatic nitrogens is 2. The number of rotatable bonds is 7. The van der Waals surface area contributed by atoms with Crippen LogP contribution in [0.25, 0.3) is 11.1 Å². The number of benzene rings is 1. The summed E-state index contributed by atoms with van der Waals surface area (Å²) in [5.41, 5.74) is 4.95. The van der Waals surface area contributed by atoms with Crippen LogP contribution in [-0.4, -0.2) is 84.8 Å². The summed E-state index contributed by atoms with van der Waals surface area (Å²) in [5, 5.41) is 3.01. The van der Waals surface area contributed by atoms with Gasteiger partial charge < -0.3 is 34.5 Å². The zero-order valence-corrected chi connectivity index (χ0v) is 28.3. The molecule has 1 aliphatic carbocycles. The monoisotopic (exact) mass is 628 g/mol. The summed E-state index contributed by atoms with van der Waals surface area (Å²) in [6.45, 7) is 11.6. The van der Waals surface area contributed by atoms with E-state index in [1.807, 2.05) is 52.1 Å². The quantitative estimate of drug-likeness (QED) is 0.390. The minimum atomic E-state index is -0.839. The maximum atomic E-state index is 13.9. The molecule has 1 aromatic carbocycles. The number of amides is 1. The van der Waals surface area contributed by atoms with Crippen LogP contribution < -0.4 is 25.2 Å². The molecular weight excluding hydrogens is 580 g/mol. The van der Waals surface area contributed by atoms with E-state index in [-0.39, 0.29) is 23.9 Å². The van der Waals surface area contributed by atoms with Crippen molar-refractivity contribution in [3.8, 4) is 22.6 Å². The Kier molecular flexibility index (Phi) is 8.87. The van der Waals surface area contributed by atoms with Crippen molar-refractivity contribution in [1.29, 1.82) is 0 Å². The van der Waals surface area contributed by atoms with Crippen LogP contribution in [0.4, 0.5) is 5.82 Å². The largest absolute Gasteiger partial charge is 0.448 e. The Hall–Kier alpha value is -3.89. The molecular formula is C36H48N6O4. The number of fused-ring (bicyclic) bond motifs is 1. The summed E-state index contributed by atoms with van der Waals surface area (Å²) < 4.78 is 13.6. The zero-order valence-electron chi connectivity index (χ0n) is 28.3. The lowest BCUT2D eigenvalue weighted by Crippen LogP contribution is -2.46. The van der Waals surface area contributed by atoms with Crippen LogP contribution in [0, 0.1) is 26.7 Å². The van der Waals surface area contributed by atoms with Gasteiger partial charge in [-0.15, -0.1) is 0 Å². The van der Waals surface area contributed by atoms with Crippen LogP contribution >= 0.6 is 0 Å². The number of anilines is 1. The Morgan fingerprint density at radius 1 is 1.04 bits per heavy atom. The van der Waals surface area contributed by atoms with E-state index < -0.39 is 5.79 Å². The summed E-state index contributed by atoms with van der Waals surface area (Å²) in [7, 11) is 6.43. The Balaban J connectivity index is 1.36. The Morgan fingerprint density at radius 2 is 1.74 bits per heavy atom. The van der Waals surface area contributed by atoms with Crippen LogP contribution in [0.5, 0.6) is 11.5 Å². The number of nitrogens with one attached hydrogen (secondary N) is 2. The fourth-order valence-corrected chi connectivity index (χ4v) is 7.28. The summed E-state index contributed by atoms with van der Waals surface area (Å²) in [5.74, 6) is 1.31. The third kappa shape index (κ3) is 6.25. The molecule has 3 aliphatic rings. The van der Waals surface area contributed by atoms with Gasteiger partial charge in [-0.2, -0.15) is 0 Å². The number of piperazine rings is 1. The smallest absolute Gasteiger partial charge is 0.253 e. The molecule has 0 bridgehead atoms. The van der Waals surface area contributed by atoms with Crippen molar-refractivity contribution in [2.75, 3.05) is 52.2 Å². The van der Waals surface area contributed by atoms with Crippen LogP contribution in [0.2, 0.25) is 0 Å². The molecule has 0 radical (unpaired) electrons. The van der Waals surface area contributed by atoms with E-state index in [1.54, 1.807) is 0 Å². The van der Waals surface area contributed by atoms with Crippen LogP contribution in [0.15, 0.2) is 35.3 Å². The van der Waals surface area contributed by atoms with Crippen molar-refractivity contribution in [2.24, 2.45) is 5.92 Å². The van der Waals surface area contributed by atoms with Crippen molar-refractivity contribution in [3.05, 3.63) is 68.8 Å². The number of aromatic amines is 1. The van der Waals surface area contributed by atoms with E-state index in [4.69, 9.17) is 14.5 Å². The first kappa shape index (κ1) is 32.1. The van der Waals surface area contributed by atoms with E-state index >= 15 is 0 Å². The third-order valence-corrected chi connectivity index (χ3v) is 10.3. The number of aryl methyl sites for hydroxylation is 2. The fourth-order valence-electron chi connectivity index (χ4n) is 7.28. The lowest BCUT2D eigenvalue weighted by molar-refractivity contribution is -0.123. The van der Waals surface area contributed by atoms with Gasteiger partial charge in [-0.05, 0) is 103 Å². The predicted octanol–water partition coefficient (Wildman–Crippen LogP) is 4.65. The van der Waals surface area contributed by atoms with Crippen molar-refractivity contribution < 1.29 is 14.3 Å². The molecule has 6 rings (SSSR count).